The van der Waals surface area contributed by atoms with Crippen molar-refractivity contribution in [3.05, 3.63) is 47.5 Å². The molecule has 0 unspecified atom stereocenters. The molecule has 206 valence electrons. The van der Waals surface area contributed by atoms with Crippen molar-refractivity contribution in [1.29, 1.82) is 0 Å². The average molecular weight is 549 g/mol. The quantitative estimate of drug-likeness (QED) is 0.143. The molecule has 3 aromatic carbocycles. The van der Waals surface area contributed by atoms with Crippen molar-refractivity contribution in [2.24, 2.45) is 0 Å². The first-order chi connectivity index (χ1) is 19.2. The number of phenols is 2. The highest BCUT2D eigenvalue weighted by Gasteiger charge is 2.44. The molecule has 1 fully saturated rings. The predicted molar refractivity (Wildman–Crippen MR) is 141 cm³/mol. The van der Waals surface area contributed by atoms with Gasteiger partial charge in [-0.2, -0.15) is 0 Å². The number of fused-ring (bicyclic) bond motifs is 10. The number of hydrogen-bond acceptors (Lipinski definition) is 10. The highest BCUT2D eigenvalue weighted by atomic mass is 16.5. The number of benzene rings is 3. The van der Waals surface area contributed by atoms with E-state index in [0.717, 1.165) is 5.01 Å². The summed E-state index contributed by atoms with van der Waals surface area (Å²) in [4.78, 5) is 31.1. The molecule has 0 saturated carbocycles. The number of imide groups is 1. The zero-order valence-electron chi connectivity index (χ0n) is 20.7. The number of rotatable bonds is 5. The molecule has 4 heterocycles. The van der Waals surface area contributed by atoms with E-state index in [4.69, 9.17) is 4.74 Å². The lowest BCUT2D eigenvalue weighted by Crippen LogP contribution is -2.50. The molecule has 8 N–H and O–H groups in total. The Balaban J connectivity index is 1.67. The van der Waals surface area contributed by atoms with Crippen LogP contribution in [0.5, 0.6) is 11.5 Å². The molecular formula is C27H24N4O9. The van der Waals surface area contributed by atoms with Crippen molar-refractivity contribution in [1.82, 2.24) is 20.0 Å². The van der Waals surface area contributed by atoms with Crippen LogP contribution in [-0.2, 0) is 4.74 Å². The van der Waals surface area contributed by atoms with E-state index >= 15 is 0 Å². The monoisotopic (exact) mass is 548 g/mol. The first kappa shape index (κ1) is 24.8. The largest absolute Gasteiger partial charge is 0.508 e. The fourth-order valence-corrected chi connectivity index (χ4v) is 5.93. The number of nitrogens with zero attached hydrogens (tertiary/aromatic N) is 2. The van der Waals surface area contributed by atoms with Crippen LogP contribution in [0.15, 0.2) is 36.4 Å². The average Bonchev–Trinajstić information content (AvgIpc) is 3.63. The Hall–Kier alpha value is -4.24. The van der Waals surface area contributed by atoms with Crippen LogP contribution < -0.4 is 5.43 Å². The van der Waals surface area contributed by atoms with E-state index in [1.807, 2.05) is 0 Å². The van der Waals surface area contributed by atoms with E-state index in [9.17, 15) is 40.2 Å². The van der Waals surface area contributed by atoms with Crippen LogP contribution in [0.1, 0.15) is 26.9 Å². The summed E-state index contributed by atoms with van der Waals surface area (Å²) in [5.41, 5.74) is 4.31. The number of amides is 2. The predicted octanol–water partition coefficient (Wildman–Crippen LogP) is 0.545. The van der Waals surface area contributed by atoms with Gasteiger partial charge in [0.1, 0.15) is 23.7 Å². The summed E-state index contributed by atoms with van der Waals surface area (Å²) < 4.78 is 7.37. The number of aromatic amines is 1. The van der Waals surface area contributed by atoms with Crippen LogP contribution in [0.3, 0.4) is 0 Å². The summed E-state index contributed by atoms with van der Waals surface area (Å²) in [6, 6.07) is 7.99. The van der Waals surface area contributed by atoms with Gasteiger partial charge in [0.05, 0.1) is 59.1 Å². The standard InChI is InChI=1S/C27H24N4O9/c32-7-10(8-33)29-31-25(38)20-18-13-3-1-11(34)5-15(13)28-22(18)23-19(21(20)26(31)39)14-4-2-12(35)6-16(14)30(23)27-24(37)17(36)9-40-27/h1-6,10,17,24,27-29,32-37H,7-9H2/t17-,24-,27-/m1/s1. The number of nitrogens with one attached hydrogen (secondary N) is 2. The van der Waals surface area contributed by atoms with Gasteiger partial charge in [-0.1, -0.05) is 0 Å². The van der Waals surface area contributed by atoms with Crippen LogP contribution in [0.2, 0.25) is 0 Å². The smallest absolute Gasteiger partial charge is 0.276 e. The number of aromatic hydroxyl groups is 2. The summed E-state index contributed by atoms with van der Waals surface area (Å²) in [5.74, 6) is -1.57. The molecule has 13 nitrogen and oxygen atoms in total. The zero-order valence-corrected chi connectivity index (χ0v) is 20.7. The van der Waals surface area contributed by atoms with E-state index in [0.29, 0.717) is 43.6 Å². The molecule has 2 aliphatic heterocycles. The summed E-state index contributed by atoms with van der Waals surface area (Å²) >= 11 is 0. The Morgan fingerprint density at radius 2 is 1.60 bits per heavy atom. The highest BCUT2D eigenvalue weighted by molar-refractivity contribution is 6.39. The number of H-pyrrole nitrogens is 1. The summed E-state index contributed by atoms with van der Waals surface area (Å²) in [5, 5.41) is 63.4. The fraction of sp³-hybridized carbons (Fsp3) is 0.259. The van der Waals surface area contributed by atoms with Crippen molar-refractivity contribution in [3.63, 3.8) is 0 Å². The number of aliphatic hydroxyl groups excluding tert-OH is 4. The lowest BCUT2D eigenvalue weighted by molar-refractivity contribution is -0.0132. The molecular weight excluding hydrogens is 524 g/mol. The molecule has 1 saturated heterocycles. The molecule has 13 heteroatoms. The molecule has 2 amide bonds. The topological polar surface area (TPSA) is 201 Å². The second-order valence-corrected chi connectivity index (χ2v) is 10.1. The van der Waals surface area contributed by atoms with Gasteiger partial charge >= 0.3 is 0 Å². The van der Waals surface area contributed by atoms with Crippen LogP contribution in [0, 0.1) is 0 Å². The number of aromatic nitrogens is 2. The minimum Gasteiger partial charge on any atom is -0.508 e. The zero-order chi connectivity index (χ0) is 28.0. The Labute approximate surface area is 224 Å². The molecule has 2 aliphatic rings. The molecule has 0 spiro atoms. The molecule has 5 aromatic rings. The minimum absolute atomic E-state index is 0.0329. The van der Waals surface area contributed by atoms with Crippen LogP contribution in [0.4, 0.5) is 0 Å². The van der Waals surface area contributed by atoms with Gasteiger partial charge in [-0.3, -0.25) is 9.59 Å². The molecule has 7 rings (SSSR count). The minimum atomic E-state index is -1.34. The third-order valence-corrected chi connectivity index (χ3v) is 7.72. The van der Waals surface area contributed by atoms with Gasteiger partial charge in [-0.05, 0) is 24.3 Å². The molecule has 2 aromatic heterocycles. The number of ether oxygens (including phenoxy) is 1. The number of phenolic OH excluding ortho intramolecular Hbond substituents is 2. The van der Waals surface area contributed by atoms with Crippen molar-refractivity contribution in [2.75, 3.05) is 19.8 Å². The van der Waals surface area contributed by atoms with Crippen LogP contribution in [-0.4, -0.2) is 95.1 Å². The first-order valence-corrected chi connectivity index (χ1v) is 12.6. The number of hydrazine groups is 1. The summed E-state index contributed by atoms with van der Waals surface area (Å²) in [7, 11) is 0. The Morgan fingerprint density at radius 3 is 2.25 bits per heavy atom. The van der Waals surface area contributed by atoms with E-state index < -0.39 is 49.5 Å². The third-order valence-electron chi connectivity index (χ3n) is 7.72. The Bertz CT molecular complexity index is 1890. The maximum absolute atomic E-state index is 14.0. The van der Waals surface area contributed by atoms with E-state index in [1.165, 1.54) is 24.3 Å². The molecule has 0 radical (unpaired) electrons. The van der Waals surface area contributed by atoms with Gasteiger partial charge in [0.25, 0.3) is 11.8 Å². The number of carbonyl (C=O) groups excluding carboxylic acids is 2. The summed E-state index contributed by atoms with van der Waals surface area (Å²) in [6.45, 7) is -1.24. The van der Waals surface area contributed by atoms with Crippen molar-refractivity contribution < 1.29 is 45.0 Å². The third kappa shape index (κ3) is 3.18. The molecule has 0 aliphatic carbocycles. The second kappa shape index (κ2) is 8.63. The van der Waals surface area contributed by atoms with Gasteiger partial charge in [-0.15, -0.1) is 0 Å². The molecule has 3 atom stereocenters. The van der Waals surface area contributed by atoms with Gasteiger partial charge in [0.15, 0.2) is 6.23 Å². The van der Waals surface area contributed by atoms with Crippen molar-refractivity contribution in [2.45, 2.75) is 24.5 Å². The summed E-state index contributed by atoms with van der Waals surface area (Å²) in [6.07, 6.45) is -3.63. The maximum atomic E-state index is 14.0. The normalized spacial score (nSPS) is 21.3. The number of carbonyl (C=O) groups is 2. The lowest BCUT2D eigenvalue weighted by atomic mass is 9.96. The lowest BCUT2D eigenvalue weighted by Gasteiger charge is -2.20. The maximum Gasteiger partial charge on any atom is 0.276 e. The van der Waals surface area contributed by atoms with Gasteiger partial charge in [0.2, 0.25) is 0 Å². The van der Waals surface area contributed by atoms with Crippen LogP contribution in [0.25, 0.3) is 43.6 Å². The van der Waals surface area contributed by atoms with Gasteiger partial charge in [0, 0.05) is 33.7 Å². The number of aliphatic hydroxyl groups is 4. The Morgan fingerprint density at radius 1 is 0.950 bits per heavy atom. The Kier molecular flexibility index (Phi) is 5.34. The molecule has 0 bridgehead atoms. The van der Waals surface area contributed by atoms with Crippen LogP contribution >= 0.6 is 0 Å². The van der Waals surface area contributed by atoms with Gasteiger partial charge in [-0.25, -0.2) is 10.4 Å². The first-order valence-electron chi connectivity index (χ1n) is 12.6. The highest BCUT2D eigenvalue weighted by Crippen LogP contribution is 2.47. The van der Waals surface area contributed by atoms with Crippen molar-refractivity contribution in [3.8, 4) is 11.5 Å². The second-order valence-electron chi connectivity index (χ2n) is 10.1. The van der Waals surface area contributed by atoms with Crippen molar-refractivity contribution >= 4 is 55.4 Å². The SMILES string of the molecule is O=C1c2c(c3c4ccc(O)cc4n([C@@H]4OC[C@@H](O)[C@H]4O)c3c3[nH]c4cc(O)ccc4c23)C(=O)N1NC(CO)CO. The fourth-order valence-electron chi connectivity index (χ4n) is 5.93. The van der Waals surface area contributed by atoms with E-state index in [2.05, 4.69) is 10.4 Å². The van der Waals surface area contributed by atoms with E-state index in [1.54, 1.807) is 16.7 Å². The molecule has 40 heavy (non-hydrogen) atoms. The van der Waals surface area contributed by atoms with E-state index in [-0.39, 0.29) is 29.2 Å². The van der Waals surface area contributed by atoms with Gasteiger partial charge < -0.3 is 44.9 Å². The number of hydrogen-bond donors (Lipinski definition) is 8.